The molecule has 0 spiro atoms. The maximum atomic E-state index is 12.4. The lowest BCUT2D eigenvalue weighted by Gasteiger charge is -2.32. The molecule has 0 saturated carbocycles. The van der Waals surface area contributed by atoms with Crippen LogP contribution in [0, 0.1) is 13.8 Å². The van der Waals surface area contributed by atoms with Gasteiger partial charge in [0.15, 0.2) is 0 Å². The molecule has 2 aromatic carbocycles. The van der Waals surface area contributed by atoms with Gasteiger partial charge in [-0.05, 0) is 74.7 Å². The van der Waals surface area contributed by atoms with Crippen LogP contribution >= 0.6 is 0 Å². The number of nitrogens with two attached hydrogens (primary N) is 1. The fraction of sp³-hybridized carbons (Fsp3) is 0.417. The van der Waals surface area contributed by atoms with E-state index in [1.807, 2.05) is 30.5 Å². The first kappa shape index (κ1) is 20.6. The average Bonchev–Trinajstić information content (AvgIpc) is 2.74. The topological polar surface area (TPSA) is 76.2 Å². The molecule has 1 aromatic heterocycles. The summed E-state index contributed by atoms with van der Waals surface area (Å²) in [4.78, 5) is 19.1. The molecule has 4 rings (SSSR count). The van der Waals surface area contributed by atoms with E-state index in [2.05, 4.69) is 39.5 Å². The minimum atomic E-state index is -0.0259. The Hall–Kier alpha value is -2.70. The Morgan fingerprint density at radius 3 is 2.67 bits per heavy atom. The SMILES string of the molecule is Cc1ccc2ncc(=O)n(CCN3CCC(NCc4ccc(C)c(N)c4)CC3)c2c1. The zero-order valence-corrected chi connectivity index (χ0v) is 17.9. The van der Waals surface area contributed by atoms with E-state index in [-0.39, 0.29) is 5.56 Å². The summed E-state index contributed by atoms with van der Waals surface area (Å²) in [6.45, 7) is 8.61. The molecule has 0 amide bonds. The zero-order valence-electron chi connectivity index (χ0n) is 17.9. The number of anilines is 1. The number of fused-ring (bicyclic) bond motifs is 1. The first-order valence-electron chi connectivity index (χ1n) is 10.8. The van der Waals surface area contributed by atoms with E-state index >= 15 is 0 Å². The number of hydrogen-bond donors (Lipinski definition) is 2. The monoisotopic (exact) mass is 405 g/mol. The predicted molar refractivity (Wildman–Crippen MR) is 123 cm³/mol. The van der Waals surface area contributed by atoms with E-state index in [1.54, 1.807) is 0 Å². The third kappa shape index (κ3) is 4.71. The standard InChI is InChI=1S/C24H31N5O/c1-17-3-6-22-23(13-17)29(24(30)16-27-22)12-11-28-9-7-20(8-10-28)26-15-19-5-4-18(2)21(25)14-19/h3-6,13-14,16,20,26H,7-12,15,25H2,1-2H3. The Kier molecular flexibility index (Phi) is 6.16. The number of nitrogens with zero attached hydrogens (tertiary/aromatic N) is 3. The summed E-state index contributed by atoms with van der Waals surface area (Å²) in [6.07, 6.45) is 3.67. The van der Waals surface area contributed by atoms with Crippen molar-refractivity contribution in [2.45, 2.75) is 45.8 Å². The fourth-order valence-electron chi connectivity index (χ4n) is 4.17. The molecule has 2 heterocycles. The van der Waals surface area contributed by atoms with Gasteiger partial charge in [-0.15, -0.1) is 0 Å². The second-order valence-corrected chi connectivity index (χ2v) is 8.43. The van der Waals surface area contributed by atoms with Crippen molar-refractivity contribution in [3.8, 4) is 0 Å². The Balaban J connectivity index is 1.30. The number of hydrogen-bond acceptors (Lipinski definition) is 5. The molecule has 0 unspecified atom stereocenters. The molecule has 3 aromatic rings. The lowest BCUT2D eigenvalue weighted by molar-refractivity contribution is 0.191. The summed E-state index contributed by atoms with van der Waals surface area (Å²) >= 11 is 0. The van der Waals surface area contributed by atoms with Crippen LogP contribution < -0.4 is 16.6 Å². The van der Waals surface area contributed by atoms with Crippen LogP contribution in [0.1, 0.15) is 29.5 Å². The summed E-state index contributed by atoms with van der Waals surface area (Å²) in [7, 11) is 0. The van der Waals surface area contributed by atoms with Crippen molar-refractivity contribution < 1.29 is 0 Å². The highest BCUT2D eigenvalue weighted by Gasteiger charge is 2.19. The van der Waals surface area contributed by atoms with Gasteiger partial charge in [-0.25, -0.2) is 4.98 Å². The number of nitrogen functional groups attached to an aromatic ring is 1. The van der Waals surface area contributed by atoms with Crippen molar-refractivity contribution in [2.75, 3.05) is 25.4 Å². The van der Waals surface area contributed by atoms with Crippen molar-refractivity contribution in [1.82, 2.24) is 19.8 Å². The molecule has 6 heteroatoms. The van der Waals surface area contributed by atoms with E-state index in [4.69, 9.17) is 5.73 Å². The third-order valence-electron chi connectivity index (χ3n) is 6.17. The van der Waals surface area contributed by atoms with Crippen molar-refractivity contribution in [2.24, 2.45) is 0 Å². The van der Waals surface area contributed by atoms with Gasteiger partial charge in [0.05, 0.1) is 17.2 Å². The zero-order chi connectivity index (χ0) is 21.1. The predicted octanol–water partition coefficient (Wildman–Crippen LogP) is 2.85. The number of aromatic nitrogens is 2. The highest BCUT2D eigenvalue weighted by molar-refractivity contribution is 5.75. The molecular weight excluding hydrogens is 374 g/mol. The van der Waals surface area contributed by atoms with Gasteiger partial charge >= 0.3 is 0 Å². The molecule has 1 aliphatic heterocycles. The van der Waals surface area contributed by atoms with Gasteiger partial charge in [0, 0.05) is 31.4 Å². The van der Waals surface area contributed by atoms with E-state index in [1.165, 1.54) is 11.8 Å². The quantitative estimate of drug-likeness (QED) is 0.617. The minimum absolute atomic E-state index is 0.0259. The van der Waals surface area contributed by atoms with Crippen LogP contribution in [-0.4, -0.2) is 40.1 Å². The van der Waals surface area contributed by atoms with Crippen LogP contribution in [0.3, 0.4) is 0 Å². The number of rotatable bonds is 6. The van der Waals surface area contributed by atoms with Crippen LogP contribution in [-0.2, 0) is 13.1 Å². The molecule has 0 atom stereocenters. The molecule has 0 bridgehead atoms. The molecule has 3 N–H and O–H groups in total. The molecule has 158 valence electrons. The lowest BCUT2D eigenvalue weighted by Crippen LogP contribution is -2.43. The highest BCUT2D eigenvalue weighted by Crippen LogP contribution is 2.16. The van der Waals surface area contributed by atoms with Gasteiger partial charge in [-0.1, -0.05) is 18.2 Å². The van der Waals surface area contributed by atoms with Crippen LogP contribution in [0.2, 0.25) is 0 Å². The van der Waals surface area contributed by atoms with E-state index in [0.29, 0.717) is 12.6 Å². The van der Waals surface area contributed by atoms with Gasteiger partial charge in [0.2, 0.25) is 0 Å². The molecule has 1 fully saturated rings. The summed E-state index contributed by atoms with van der Waals surface area (Å²) in [5.41, 5.74) is 12.2. The maximum Gasteiger partial charge on any atom is 0.269 e. The number of benzene rings is 2. The molecule has 1 saturated heterocycles. The Labute approximate surface area is 177 Å². The fourth-order valence-corrected chi connectivity index (χ4v) is 4.17. The van der Waals surface area contributed by atoms with Gasteiger partial charge < -0.3 is 20.5 Å². The van der Waals surface area contributed by atoms with E-state index in [0.717, 1.165) is 66.9 Å². The molecule has 1 aliphatic rings. The summed E-state index contributed by atoms with van der Waals surface area (Å²) < 4.78 is 1.86. The van der Waals surface area contributed by atoms with Crippen molar-refractivity contribution >= 4 is 16.7 Å². The molecular formula is C24H31N5O. The number of nitrogens with one attached hydrogen (secondary N) is 1. The number of piperidine rings is 1. The van der Waals surface area contributed by atoms with Crippen LogP contribution in [0.4, 0.5) is 5.69 Å². The second-order valence-electron chi connectivity index (χ2n) is 8.43. The minimum Gasteiger partial charge on any atom is -0.399 e. The molecule has 0 radical (unpaired) electrons. The smallest absolute Gasteiger partial charge is 0.269 e. The molecule has 30 heavy (non-hydrogen) atoms. The first-order chi connectivity index (χ1) is 14.5. The number of aryl methyl sites for hydroxylation is 2. The van der Waals surface area contributed by atoms with Gasteiger partial charge in [-0.3, -0.25) is 4.79 Å². The van der Waals surface area contributed by atoms with Gasteiger partial charge in [0.1, 0.15) is 0 Å². The van der Waals surface area contributed by atoms with E-state index in [9.17, 15) is 4.79 Å². The Morgan fingerprint density at radius 1 is 1.10 bits per heavy atom. The van der Waals surface area contributed by atoms with Crippen molar-refractivity contribution in [1.29, 1.82) is 0 Å². The second kappa shape index (κ2) is 8.98. The maximum absolute atomic E-state index is 12.4. The Bertz CT molecular complexity index is 1080. The summed E-state index contributed by atoms with van der Waals surface area (Å²) in [6, 6.07) is 12.9. The van der Waals surface area contributed by atoms with Crippen LogP contribution in [0.25, 0.3) is 11.0 Å². The lowest BCUT2D eigenvalue weighted by atomic mass is 10.0. The highest BCUT2D eigenvalue weighted by atomic mass is 16.1. The van der Waals surface area contributed by atoms with Crippen LogP contribution in [0.5, 0.6) is 0 Å². The average molecular weight is 406 g/mol. The van der Waals surface area contributed by atoms with Crippen molar-refractivity contribution in [3.05, 3.63) is 69.6 Å². The van der Waals surface area contributed by atoms with Gasteiger partial charge in [-0.2, -0.15) is 0 Å². The summed E-state index contributed by atoms with van der Waals surface area (Å²) in [5.74, 6) is 0. The van der Waals surface area contributed by atoms with Gasteiger partial charge in [0.25, 0.3) is 5.56 Å². The Morgan fingerprint density at radius 2 is 1.90 bits per heavy atom. The van der Waals surface area contributed by atoms with E-state index < -0.39 is 0 Å². The normalized spacial score (nSPS) is 15.7. The van der Waals surface area contributed by atoms with Crippen molar-refractivity contribution in [3.63, 3.8) is 0 Å². The largest absolute Gasteiger partial charge is 0.399 e. The number of likely N-dealkylation sites (tertiary alicyclic amines) is 1. The molecule has 6 nitrogen and oxygen atoms in total. The van der Waals surface area contributed by atoms with Crippen LogP contribution in [0.15, 0.2) is 47.4 Å². The summed E-state index contributed by atoms with van der Waals surface area (Å²) in [5, 5.41) is 3.67. The molecule has 0 aliphatic carbocycles. The first-order valence-corrected chi connectivity index (χ1v) is 10.8. The third-order valence-corrected chi connectivity index (χ3v) is 6.17.